The Hall–Kier alpha value is -2.93. The van der Waals surface area contributed by atoms with E-state index in [0.717, 1.165) is 55.0 Å². The molecule has 0 bridgehead atoms. The third-order valence-corrected chi connectivity index (χ3v) is 5.51. The van der Waals surface area contributed by atoms with E-state index in [2.05, 4.69) is 17.6 Å². The normalized spacial score (nSPS) is 16.2. The molecular weight excluding hydrogens is 447 g/mol. The fourth-order valence-corrected chi connectivity index (χ4v) is 3.55. The first-order valence-electron chi connectivity index (χ1n) is 11.5. The van der Waals surface area contributed by atoms with Crippen LogP contribution < -0.4 is 40.0 Å². The van der Waals surface area contributed by atoms with E-state index in [9.17, 15) is 4.79 Å². The summed E-state index contributed by atoms with van der Waals surface area (Å²) in [5.41, 5.74) is 9.01. The Balaban J connectivity index is 0.000000332. The third-order valence-electron chi connectivity index (χ3n) is 5.51. The number of rotatable bonds is 5. The Morgan fingerprint density at radius 3 is 2.34 bits per heavy atom. The minimum atomic E-state index is 0. The fourth-order valence-electron chi connectivity index (χ4n) is 3.55. The molecule has 1 amide bonds. The maximum atomic E-state index is 11.0. The SMILES string of the molecule is C=CC(=O)N1CCCCC1.CCC1=[C-]/C(=C(\N)c2ccc(Oc3ccccc3)cc2)C(=N)N=C1.[Na+]. The number of amides is 1. The number of nitrogens with zero attached hydrogens (tertiary/aromatic N) is 2. The maximum absolute atomic E-state index is 11.0. The number of amidine groups is 1. The molecule has 0 aliphatic carbocycles. The largest absolute Gasteiger partial charge is 1.00 e. The van der Waals surface area contributed by atoms with Crippen LogP contribution in [0.5, 0.6) is 11.5 Å². The van der Waals surface area contributed by atoms with E-state index in [0.29, 0.717) is 11.3 Å². The first kappa shape index (κ1) is 28.3. The van der Waals surface area contributed by atoms with Crippen molar-refractivity contribution in [3.63, 3.8) is 0 Å². The first-order valence-corrected chi connectivity index (χ1v) is 11.5. The van der Waals surface area contributed by atoms with Crippen LogP contribution in [-0.2, 0) is 4.79 Å². The van der Waals surface area contributed by atoms with Gasteiger partial charge in [0.05, 0.1) is 5.84 Å². The molecule has 7 heteroatoms. The van der Waals surface area contributed by atoms with Crippen LogP contribution in [0.15, 0.2) is 83.4 Å². The molecule has 0 radical (unpaired) electrons. The molecule has 2 aliphatic heterocycles. The molecule has 0 atom stereocenters. The molecular formula is C28H31N4NaO2. The number of para-hydroxylation sites is 1. The second-order valence-electron chi connectivity index (χ2n) is 7.93. The molecule has 2 heterocycles. The average molecular weight is 479 g/mol. The molecule has 1 fully saturated rings. The molecule has 176 valence electrons. The van der Waals surface area contributed by atoms with E-state index in [4.69, 9.17) is 15.9 Å². The van der Waals surface area contributed by atoms with Crippen molar-refractivity contribution >= 4 is 23.7 Å². The molecule has 0 saturated carbocycles. The number of benzene rings is 2. The number of allylic oxidation sites excluding steroid dienone is 1. The second kappa shape index (κ2) is 14.5. The first-order chi connectivity index (χ1) is 16.5. The molecule has 3 N–H and O–H groups in total. The van der Waals surface area contributed by atoms with Gasteiger partial charge in [-0.25, -0.2) is 0 Å². The minimum absolute atomic E-state index is 0. The van der Waals surface area contributed by atoms with Gasteiger partial charge < -0.3 is 25.8 Å². The van der Waals surface area contributed by atoms with Crippen LogP contribution in [0.2, 0.25) is 0 Å². The van der Waals surface area contributed by atoms with Crippen LogP contribution in [0.4, 0.5) is 0 Å². The smallest absolute Gasteiger partial charge is 0.457 e. The van der Waals surface area contributed by atoms with E-state index < -0.39 is 0 Å². The van der Waals surface area contributed by atoms with Gasteiger partial charge in [-0.05, 0) is 67.3 Å². The molecule has 1 saturated heterocycles. The number of carbonyl (C=O) groups excluding carboxylic acids is 1. The van der Waals surface area contributed by atoms with Crippen molar-refractivity contribution in [3.05, 3.63) is 90.0 Å². The van der Waals surface area contributed by atoms with Crippen LogP contribution >= 0.6 is 0 Å². The van der Waals surface area contributed by atoms with Crippen LogP contribution in [0, 0.1) is 11.5 Å². The summed E-state index contributed by atoms with van der Waals surface area (Å²) in [6.07, 6.45) is 10.6. The summed E-state index contributed by atoms with van der Waals surface area (Å²) >= 11 is 0. The third kappa shape index (κ3) is 8.35. The van der Waals surface area contributed by atoms with Crippen molar-refractivity contribution in [1.29, 1.82) is 5.41 Å². The summed E-state index contributed by atoms with van der Waals surface area (Å²) in [4.78, 5) is 16.9. The van der Waals surface area contributed by atoms with Crippen molar-refractivity contribution < 1.29 is 39.1 Å². The second-order valence-corrected chi connectivity index (χ2v) is 7.93. The Kier molecular flexibility index (Phi) is 11.7. The average Bonchev–Trinajstić information content (AvgIpc) is 2.90. The number of hydrogen-bond acceptors (Lipinski definition) is 4. The van der Waals surface area contributed by atoms with Crippen LogP contribution in [0.1, 0.15) is 38.2 Å². The number of likely N-dealkylation sites (tertiary alicyclic amines) is 1. The number of ether oxygens (including phenoxy) is 1. The van der Waals surface area contributed by atoms with E-state index in [-0.39, 0.29) is 41.3 Å². The van der Waals surface area contributed by atoms with E-state index >= 15 is 0 Å². The monoisotopic (exact) mass is 478 g/mol. The molecule has 6 nitrogen and oxygen atoms in total. The minimum Gasteiger partial charge on any atom is -0.457 e. The Labute approximate surface area is 230 Å². The van der Waals surface area contributed by atoms with E-state index in [1.54, 1.807) is 6.21 Å². The van der Waals surface area contributed by atoms with Gasteiger partial charge in [0.2, 0.25) is 5.91 Å². The topological polar surface area (TPSA) is 91.8 Å². The summed E-state index contributed by atoms with van der Waals surface area (Å²) in [5.74, 6) is 1.73. The molecule has 35 heavy (non-hydrogen) atoms. The van der Waals surface area contributed by atoms with Crippen molar-refractivity contribution in [1.82, 2.24) is 4.90 Å². The fraction of sp³-hybridized carbons (Fsp3) is 0.250. The van der Waals surface area contributed by atoms with Crippen molar-refractivity contribution in [2.45, 2.75) is 32.6 Å². The summed E-state index contributed by atoms with van der Waals surface area (Å²) in [7, 11) is 0. The van der Waals surface area contributed by atoms with Crippen LogP contribution in [0.25, 0.3) is 5.70 Å². The van der Waals surface area contributed by atoms with Gasteiger partial charge in [-0.3, -0.25) is 4.79 Å². The maximum Gasteiger partial charge on any atom is 1.00 e. The quantitative estimate of drug-likeness (QED) is 0.393. The number of piperidine rings is 1. The number of aliphatic imine (C=N–C) groups is 1. The molecule has 2 aromatic rings. The Bertz CT molecular complexity index is 1100. The number of dihydropyridines is 1. The summed E-state index contributed by atoms with van der Waals surface area (Å²) < 4.78 is 5.77. The van der Waals surface area contributed by atoms with Gasteiger partial charge in [-0.2, -0.15) is 0 Å². The zero-order chi connectivity index (χ0) is 24.3. The summed E-state index contributed by atoms with van der Waals surface area (Å²) in [5, 5.41) is 7.95. The van der Waals surface area contributed by atoms with Gasteiger partial charge >= 0.3 is 29.6 Å². The number of nitrogens with one attached hydrogen (secondary N) is 1. The van der Waals surface area contributed by atoms with Gasteiger partial charge in [0.15, 0.2) is 0 Å². The molecule has 4 rings (SSSR count). The Morgan fingerprint density at radius 2 is 1.74 bits per heavy atom. The molecule has 2 aromatic carbocycles. The van der Waals surface area contributed by atoms with Gasteiger partial charge in [0.1, 0.15) is 11.5 Å². The zero-order valence-corrected chi connectivity index (χ0v) is 22.6. The molecule has 0 aromatic heterocycles. The van der Waals surface area contributed by atoms with E-state index in [1.165, 1.54) is 12.5 Å². The number of nitrogens with two attached hydrogens (primary N) is 1. The molecule has 2 aliphatic rings. The standard InChI is InChI=1S/C20H18N3O.C8H13NO.Na/c1-2-14-12-18(20(22)23-13-14)19(21)15-8-10-17(11-9-15)24-16-6-4-3-5-7-16;1-2-8(10)9-6-4-3-5-7-9;/h3-11,13,22H,2,21H2,1H3;2H,1,3-7H2;/q-1;;+1/b19-18+,22-20?;;. The predicted molar refractivity (Wildman–Crippen MR) is 138 cm³/mol. The van der Waals surface area contributed by atoms with Gasteiger partial charge in [0.25, 0.3) is 0 Å². The van der Waals surface area contributed by atoms with Crippen molar-refractivity contribution in [2.75, 3.05) is 13.1 Å². The van der Waals surface area contributed by atoms with Gasteiger partial charge in [-0.1, -0.05) is 55.6 Å². The summed E-state index contributed by atoms with van der Waals surface area (Å²) in [6, 6.07) is 17.1. The molecule has 0 unspecified atom stereocenters. The van der Waals surface area contributed by atoms with Gasteiger partial charge in [-0.15, -0.1) is 11.6 Å². The molecule has 0 spiro atoms. The number of carbonyl (C=O) groups is 1. The van der Waals surface area contributed by atoms with Crippen LogP contribution in [-0.4, -0.2) is 35.9 Å². The van der Waals surface area contributed by atoms with Crippen molar-refractivity contribution in [3.8, 4) is 11.5 Å². The van der Waals surface area contributed by atoms with Gasteiger partial charge in [0, 0.05) is 13.1 Å². The Morgan fingerprint density at radius 1 is 1.11 bits per heavy atom. The zero-order valence-electron chi connectivity index (χ0n) is 20.6. The number of hydrogen-bond donors (Lipinski definition) is 2. The summed E-state index contributed by atoms with van der Waals surface area (Å²) in [6.45, 7) is 7.31. The van der Waals surface area contributed by atoms with Crippen molar-refractivity contribution in [2.24, 2.45) is 10.7 Å². The predicted octanol–water partition coefficient (Wildman–Crippen LogP) is 2.54. The van der Waals surface area contributed by atoms with Crippen LogP contribution in [0.3, 0.4) is 0 Å². The van der Waals surface area contributed by atoms with E-state index in [1.807, 2.05) is 66.4 Å².